The molecule has 0 bridgehead atoms. The first-order valence-corrected chi connectivity index (χ1v) is 14.6. The van der Waals surface area contributed by atoms with Crippen molar-refractivity contribution in [2.24, 2.45) is 5.92 Å². The summed E-state index contributed by atoms with van der Waals surface area (Å²) in [4.78, 5) is 28.3. The fourth-order valence-corrected chi connectivity index (χ4v) is 7.34. The van der Waals surface area contributed by atoms with Gasteiger partial charge in [-0.05, 0) is 69.9 Å². The average Bonchev–Trinajstić information content (AvgIpc) is 3.36. The van der Waals surface area contributed by atoms with Crippen molar-refractivity contribution in [3.63, 3.8) is 0 Å². The zero-order valence-corrected chi connectivity index (χ0v) is 22.0. The summed E-state index contributed by atoms with van der Waals surface area (Å²) >= 11 is 0. The van der Waals surface area contributed by atoms with Crippen LogP contribution in [0.25, 0.3) is 0 Å². The van der Waals surface area contributed by atoms with Gasteiger partial charge in [0.25, 0.3) is 0 Å². The van der Waals surface area contributed by atoms with Crippen molar-refractivity contribution < 1.29 is 13.2 Å². The minimum Gasteiger partial charge on any atom is -0.351 e. The van der Waals surface area contributed by atoms with Crippen LogP contribution < -0.4 is 15.1 Å². The van der Waals surface area contributed by atoms with Crippen molar-refractivity contribution in [1.29, 1.82) is 0 Å². The third kappa shape index (κ3) is 5.34. The number of rotatable bonds is 6. The Balaban J connectivity index is 1.37. The first-order valence-electron chi connectivity index (χ1n) is 13.0. The number of amides is 1. The van der Waals surface area contributed by atoms with Gasteiger partial charge in [-0.3, -0.25) is 4.79 Å². The van der Waals surface area contributed by atoms with E-state index < -0.39 is 9.84 Å². The predicted octanol–water partition coefficient (Wildman–Crippen LogP) is 3.45. The van der Waals surface area contributed by atoms with Crippen LogP contribution in [0.3, 0.4) is 0 Å². The third-order valence-corrected chi connectivity index (χ3v) is 9.71. The number of fused-ring (bicyclic) bond motifs is 1. The Hall–Kier alpha value is -2.72. The Labute approximate surface area is 213 Å². The Kier molecular flexibility index (Phi) is 7.16. The topological polar surface area (TPSA) is 98.7 Å². The molecule has 0 atom stereocenters. The van der Waals surface area contributed by atoms with Crippen LogP contribution in [0, 0.1) is 5.92 Å². The molecule has 194 valence electrons. The number of hydrogen-bond acceptors (Lipinski definition) is 8. The Morgan fingerprint density at radius 1 is 1.06 bits per heavy atom. The predicted molar refractivity (Wildman–Crippen MR) is 142 cm³/mol. The van der Waals surface area contributed by atoms with Gasteiger partial charge in [0.2, 0.25) is 11.9 Å². The average molecular weight is 513 g/mol. The third-order valence-electron chi connectivity index (χ3n) is 7.83. The molecule has 2 aliphatic heterocycles. The highest BCUT2D eigenvalue weighted by Crippen LogP contribution is 2.36. The maximum atomic E-state index is 13.2. The molecule has 1 amide bonds. The van der Waals surface area contributed by atoms with Gasteiger partial charge >= 0.3 is 0 Å². The summed E-state index contributed by atoms with van der Waals surface area (Å²) in [5.41, 5.74) is 1.34. The second-order valence-corrected chi connectivity index (χ2v) is 12.5. The van der Waals surface area contributed by atoms with Crippen molar-refractivity contribution in [2.45, 2.75) is 55.9 Å². The van der Waals surface area contributed by atoms with E-state index in [0.717, 1.165) is 44.6 Å². The molecule has 1 saturated heterocycles. The van der Waals surface area contributed by atoms with E-state index in [1.54, 1.807) is 36.3 Å². The largest absolute Gasteiger partial charge is 0.351 e. The number of carbonyl (C=O) groups excluding carboxylic acids is 1. The van der Waals surface area contributed by atoms with Gasteiger partial charge in [0.05, 0.1) is 16.8 Å². The number of hydrogen-bond donors (Lipinski definition) is 1. The van der Waals surface area contributed by atoms with Crippen LogP contribution in [0.5, 0.6) is 0 Å². The normalized spacial score (nSPS) is 20.4. The molecule has 9 nitrogen and oxygen atoms in total. The highest BCUT2D eigenvalue weighted by molar-refractivity contribution is 7.91. The van der Waals surface area contributed by atoms with E-state index in [-0.39, 0.29) is 17.6 Å². The molecule has 0 spiro atoms. The van der Waals surface area contributed by atoms with E-state index in [1.807, 2.05) is 6.07 Å². The smallest absolute Gasteiger partial charge is 0.229 e. The van der Waals surface area contributed by atoms with E-state index in [9.17, 15) is 13.2 Å². The van der Waals surface area contributed by atoms with E-state index in [4.69, 9.17) is 4.98 Å². The highest BCUT2D eigenvalue weighted by atomic mass is 32.2. The van der Waals surface area contributed by atoms with Crippen LogP contribution in [0.2, 0.25) is 0 Å². The number of likely N-dealkylation sites (tertiary alicyclic amines) is 1. The molecule has 3 aliphatic rings. The summed E-state index contributed by atoms with van der Waals surface area (Å²) < 4.78 is 26.3. The molecular formula is C26H36N6O3S. The second-order valence-electron chi connectivity index (χ2n) is 10.4. The summed E-state index contributed by atoms with van der Waals surface area (Å²) in [5, 5.41) is 3.21. The lowest BCUT2D eigenvalue weighted by Gasteiger charge is -2.30. The molecule has 5 rings (SSSR count). The number of sulfone groups is 1. The van der Waals surface area contributed by atoms with Crippen molar-refractivity contribution in [3.8, 4) is 0 Å². The minimum atomic E-state index is -3.40. The number of nitrogens with one attached hydrogen (secondary N) is 1. The maximum absolute atomic E-state index is 13.2. The van der Waals surface area contributed by atoms with Gasteiger partial charge in [0.15, 0.2) is 15.7 Å². The first-order chi connectivity index (χ1) is 17.3. The van der Waals surface area contributed by atoms with Crippen LogP contribution in [0.4, 0.5) is 23.1 Å². The molecule has 0 unspecified atom stereocenters. The van der Waals surface area contributed by atoms with Crippen molar-refractivity contribution >= 4 is 38.9 Å². The monoisotopic (exact) mass is 512 g/mol. The lowest BCUT2D eigenvalue weighted by atomic mass is 10.00. The Morgan fingerprint density at radius 3 is 2.56 bits per heavy atom. The van der Waals surface area contributed by atoms with Crippen LogP contribution in [0.15, 0.2) is 35.4 Å². The fraction of sp³-hybridized carbons (Fsp3) is 0.577. The van der Waals surface area contributed by atoms with Gasteiger partial charge in [-0.25, -0.2) is 13.4 Å². The number of aromatic nitrogens is 2. The molecule has 36 heavy (non-hydrogen) atoms. The second kappa shape index (κ2) is 10.3. The quantitative estimate of drug-likeness (QED) is 0.628. The fourth-order valence-electron chi connectivity index (χ4n) is 5.60. The highest BCUT2D eigenvalue weighted by Gasteiger charge is 2.32. The molecule has 1 aromatic heterocycles. The van der Waals surface area contributed by atoms with Gasteiger partial charge < -0.3 is 20.0 Å². The molecule has 1 saturated carbocycles. The lowest BCUT2D eigenvalue weighted by Crippen LogP contribution is -2.34. The number of carbonyl (C=O) groups is 1. The lowest BCUT2D eigenvalue weighted by molar-refractivity contribution is -0.118. The van der Waals surface area contributed by atoms with Gasteiger partial charge in [-0.1, -0.05) is 18.9 Å². The van der Waals surface area contributed by atoms with Crippen LogP contribution >= 0.6 is 0 Å². The van der Waals surface area contributed by atoms with E-state index in [1.165, 1.54) is 12.8 Å². The Bertz CT molecular complexity index is 1210. The van der Waals surface area contributed by atoms with E-state index in [0.29, 0.717) is 41.2 Å². The van der Waals surface area contributed by atoms with Gasteiger partial charge in [-0.15, -0.1) is 0 Å². The molecule has 3 heterocycles. The molecule has 10 heteroatoms. The summed E-state index contributed by atoms with van der Waals surface area (Å²) in [7, 11) is 0.453. The van der Waals surface area contributed by atoms with Gasteiger partial charge in [0, 0.05) is 31.7 Å². The van der Waals surface area contributed by atoms with Gasteiger partial charge in [0.1, 0.15) is 5.69 Å². The van der Waals surface area contributed by atoms with Gasteiger partial charge in [-0.2, -0.15) is 4.98 Å². The van der Waals surface area contributed by atoms with Crippen LogP contribution in [0.1, 0.15) is 44.9 Å². The van der Waals surface area contributed by atoms with Crippen LogP contribution in [-0.2, 0) is 14.6 Å². The van der Waals surface area contributed by atoms with E-state index in [2.05, 4.69) is 27.1 Å². The molecular weight excluding hydrogens is 476 g/mol. The number of piperidine rings is 1. The van der Waals surface area contributed by atoms with Crippen molar-refractivity contribution in [2.75, 3.05) is 54.6 Å². The Morgan fingerprint density at radius 2 is 1.81 bits per heavy atom. The molecule has 1 aromatic carbocycles. The SMILES string of the molecule is CN1CCC(CS(=O)(=O)c2cccc(Nc3ncc4c(n3)N(C3CCCC3)CCC(=O)N4C)c2)CC1. The zero-order valence-electron chi connectivity index (χ0n) is 21.2. The first kappa shape index (κ1) is 25.0. The summed E-state index contributed by atoms with van der Waals surface area (Å²) in [6.45, 7) is 2.52. The molecule has 0 radical (unpaired) electrons. The molecule has 2 aromatic rings. The summed E-state index contributed by atoms with van der Waals surface area (Å²) in [5.74, 6) is 1.58. The minimum absolute atomic E-state index is 0.0589. The van der Waals surface area contributed by atoms with Crippen molar-refractivity contribution in [1.82, 2.24) is 14.9 Å². The number of benzene rings is 1. The summed E-state index contributed by atoms with van der Waals surface area (Å²) in [6.07, 6.45) is 8.53. The molecule has 1 aliphatic carbocycles. The number of nitrogens with zero attached hydrogens (tertiary/aromatic N) is 5. The zero-order chi connectivity index (χ0) is 25.3. The molecule has 2 fully saturated rings. The summed E-state index contributed by atoms with van der Waals surface area (Å²) in [6, 6.07) is 7.29. The van der Waals surface area contributed by atoms with E-state index >= 15 is 0 Å². The van der Waals surface area contributed by atoms with Crippen molar-refractivity contribution in [3.05, 3.63) is 30.5 Å². The van der Waals surface area contributed by atoms with Crippen LogP contribution in [-0.4, -0.2) is 74.7 Å². The maximum Gasteiger partial charge on any atom is 0.229 e. The molecule has 1 N–H and O–H groups in total. The standard InChI is InChI=1S/C26H36N6O3S/c1-30-13-10-19(11-14-30)18-36(34,35)22-9-5-6-20(16-22)28-26-27-17-23-25(29-26)32(21-7-3-4-8-21)15-12-24(33)31(23)2/h5-6,9,16-17,19,21H,3-4,7-8,10-15,18H2,1-2H3,(H,27,28,29). The number of anilines is 4.